The number of nitro benzene ring substituents is 1. The molecule has 0 spiro atoms. The molecule has 2 aromatic carbocycles. The molecule has 2 rings (SSSR count). The summed E-state index contributed by atoms with van der Waals surface area (Å²) in [5.41, 5.74) is 4.65. The number of anilines is 1. The van der Waals surface area contributed by atoms with Crippen LogP contribution in [0.15, 0.2) is 42.5 Å². The summed E-state index contributed by atoms with van der Waals surface area (Å²) in [6.07, 6.45) is 0. The van der Waals surface area contributed by atoms with Crippen LogP contribution in [0, 0.1) is 10.1 Å². The number of hydrogen-bond acceptors (Lipinski definition) is 4. The average molecular weight is 369 g/mol. The molecule has 0 aliphatic rings. The number of nitrogens with zero attached hydrogens (tertiary/aromatic N) is 1. The van der Waals surface area contributed by atoms with E-state index >= 15 is 0 Å². The number of nitrogens with one attached hydrogen (secondary N) is 3. The second-order valence-corrected chi connectivity index (χ2v) is 5.31. The molecule has 2 aromatic rings. The van der Waals surface area contributed by atoms with E-state index in [4.69, 9.17) is 23.2 Å². The van der Waals surface area contributed by atoms with E-state index in [1.54, 1.807) is 0 Å². The number of hydrogen-bond donors (Lipinski definition) is 3. The molecular formula is C14H10Cl2N4O4. The van der Waals surface area contributed by atoms with Gasteiger partial charge in [0.25, 0.3) is 11.6 Å². The highest BCUT2D eigenvalue weighted by Crippen LogP contribution is 2.20. The molecule has 0 aliphatic heterocycles. The molecule has 0 saturated heterocycles. The Balaban J connectivity index is 1.90. The normalized spacial score (nSPS) is 9.92. The lowest BCUT2D eigenvalue weighted by molar-refractivity contribution is -0.384. The third kappa shape index (κ3) is 4.58. The van der Waals surface area contributed by atoms with Crippen molar-refractivity contribution < 1.29 is 14.5 Å². The lowest BCUT2D eigenvalue weighted by atomic mass is 10.2. The Morgan fingerprint density at radius 1 is 1.00 bits per heavy atom. The van der Waals surface area contributed by atoms with Gasteiger partial charge in [0.05, 0.1) is 15.5 Å². The van der Waals surface area contributed by atoms with Crippen LogP contribution in [0.4, 0.5) is 16.2 Å². The van der Waals surface area contributed by atoms with Crippen LogP contribution in [-0.4, -0.2) is 16.9 Å². The summed E-state index contributed by atoms with van der Waals surface area (Å²) >= 11 is 11.6. The number of urea groups is 1. The zero-order valence-electron chi connectivity index (χ0n) is 11.9. The highest BCUT2D eigenvalue weighted by Gasteiger charge is 2.12. The number of hydrazine groups is 1. The fraction of sp³-hybridized carbons (Fsp3) is 0. The van der Waals surface area contributed by atoms with Gasteiger partial charge < -0.3 is 5.32 Å². The number of amides is 3. The maximum atomic E-state index is 11.9. The number of nitro groups is 1. The summed E-state index contributed by atoms with van der Waals surface area (Å²) in [7, 11) is 0. The molecule has 0 radical (unpaired) electrons. The van der Waals surface area contributed by atoms with E-state index in [2.05, 4.69) is 16.2 Å². The van der Waals surface area contributed by atoms with Crippen LogP contribution in [0.2, 0.25) is 10.0 Å². The topological polar surface area (TPSA) is 113 Å². The minimum Gasteiger partial charge on any atom is -0.307 e. The van der Waals surface area contributed by atoms with Crippen molar-refractivity contribution in [1.82, 2.24) is 10.9 Å². The van der Waals surface area contributed by atoms with Gasteiger partial charge >= 0.3 is 6.03 Å². The summed E-state index contributed by atoms with van der Waals surface area (Å²) in [6.45, 7) is 0. The average Bonchev–Trinajstić information content (AvgIpc) is 2.53. The van der Waals surface area contributed by atoms with E-state index in [0.717, 1.165) is 0 Å². The van der Waals surface area contributed by atoms with E-state index in [9.17, 15) is 19.7 Å². The zero-order valence-corrected chi connectivity index (χ0v) is 13.4. The molecule has 0 unspecified atom stereocenters. The molecule has 3 N–H and O–H groups in total. The van der Waals surface area contributed by atoms with Crippen LogP contribution in [0.1, 0.15) is 10.4 Å². The third-order valence-corrected chi connectivity index (χ3v) is 3.35. The van der Waals surface area contributed by atoms with Gasteiger partial charge in [-0.25, -0.2) is 10.2 Å². The van der Waals surface area contributed by atoms with Crippen LogP contribution in [-0.2, 0) is 0 Å². The number of carbonyl (C=O) groups is 2. The highest BCUT2D eigenvalue weighted by molar-refractivity contribution is 6.36. The summed E-state index contributed by atoms with van der Waals surface area (Å²) in [6, 6.07) is 8.75. The van der Waals surface area contributed by atoms with Gasteiger partial charge in [0, 0.05) is 22.8 Å². The van der Waals surface area contributed by atoms with E-state index in [1.807, 2.05) is 0 Å². The summed E-state index contributed by atoms with van der Waals surface area (Å²) < 4.78 is 0. The van der Waals surface area contributed by atoms with Gasteiger partial charge in [0.1, 0.15) is 0 Å². The fourth-order valence-corrected chi connectivity index (χ4v) is 2.18. The monoisotopic (exact) mass is 368 g/mol. The van der Waals surface area contributed by atoms with Crippen molar-refractivity contribution in [2.24, 2.45) is 0 Å². The Labute approximate surface area is 145 Å². The minimum atomic E-state index is -0.734. The lowest BCUT2D eigenvalue weighted by Gasteiger charge is -2.10. The molecule has 10 heteroatoms. The van der Waals surface area contributed by atoms with Crippen LogP contribution in [0.25, 0.3) is 0 Å². The van der Waals surface area contributed by atoms with Crippen molar-refractivity contribution in [3.05, 3.63) is 68.2 Å². The first-order valence-electron chi connectivity index (χ1n) is 6.43. The molecule has 0 aliphatic carbocycles. The van der Waals surface area contributed by atoms with E-state index in [0.29, 0.717) is 10.7 Å². The number of halogens is 2. The molecule has 0 fully saturated rings. The number of rotatable bonds is 3. The highest BCUT2D eigenvalue weighted by atomic mass is 35.5. The van der Waals surface area contributed by atoms with Crippen molar-refractivity contribution in [3.63, 3.8) is 0 Å². The molecule has 3 amide bonds. The van der Waals surface area contributed by atoms with Crippen molar-refractivity contribution in [2.45, 2.75) is 0 Å². The maximum absolute atomic E-state index is 11.9. The van der Waals surface area contributed by atoms with Gasteiger partial charge in [-0.1, -0.05) is 23.2 Å². The first-order chi connectivity index (χ1) is 11.4. The molecule has 8 nitrogen and oxygen atoms in total. The predicted molar refractivity (Wildman–Crippen MR) is 89.2 cm³/mol. The number of carbonyl (C=O) groups excluding carboxylic acids is 2. The lowest BCUT2D eigenvalue weighted by Crippen LogP contribution is -2.44. The van der Waals surface area contributed by atoms with E-state index in [1.165, 1.54) is 42.5 Å². The van der Waals surface area contributed by atoms with Crippen LogP contribution < -0.4 is 16.2 Å². The number of non-ortho nitro benzene ring substituents is 1. The molecular weight excluding hydrogens is 359 g/mol. The van der Waals surface area contributed by atoms with Crippen molar-refractivity contribution in [1.29, 1.82) is 0 Å². The van der Waals surface area contributed by atoms with Crippen molar-refractivity contribution in [3.8, 4) is 0 Å². The molecule has 0 bridgehead atoms. The molecule has 0 aromatic heterocycles. The standard InChI is InChI=1S/C14H10Cl2N4O4/c15-8-1-6-11(12(16)7-8)13(21)18-19-14(22)17-9-2-4-10(5-3-9)20(23)24/h1-7H,(H,18,21)(H2,17,19,22). The predicted octanol–water partition coefficient (Wildman–Crippen LogP) is 3.37. The minimum absolute atomic E-state index is 0.105. The Morgan fingerprint density at radius 3 is 2.25 bits per heavy atom. The van der Waals surface area contributed by atoms with Crippen LogP contribution >= 0.6 is 23.2 Å². The first-order valence-corrected chi connectivity index (χ1v) is 7.19. The van der Waals surface area contributed by atoms with Gasteiger partial charge in [-0.05, 0) is 30.3 Å². The van der Waals surface area contributed by atoms with Gasteiger partial charge in [0.2, 0.25) is 0 Å². The van der Waals surface area contributed by atoms with E-state index < -0.39 is 16.9 Å². The Morgan fingerprint density at radius 2 is 1.67 bits per heavy atom. The first kappa shape index (κ1) is 17.5. The van der Waals surface area contributed by atoms with Crippen LogP contribution in [0.5, 0.6) is 0 Å². The SMILES string of the molecule is O=C(NNC(=O)c1ccc(Cl)cc1Cl)Nc1ccc([N+](=O)[O-])cc1. The molecule has 124 valence electrons. The molecule has 24 heavy (non-hydrogen) atoms. The van der Waals surface area contributed by atoms with Gasteiger partial charge in [-0.15, -0.1) is 0 Å². The molecule has 0 heterocycles. The van der Waals surface area contributed by atoms with Crippen molar-refractivity contribution >= 4 is 46.5 Å². The molecule has 0 saturated carbocycles. The quantitative estimate of drug-likeness (QED) is 0.569. The maximum Gasteiger partial charge on any atom is 0.337 e. The second-order valence-electron chi connectivity index (χ2n) is 4.46. The third-order valence-electron chi connectivity index (χ3n) is 2.80. The Kier molecular flexibility index (Phi) is 5.56. The second kappa shape index (κ2) is 7.62. The summed E-state index contributed by atoms with van der Waals surface area (Å²) in [5, 5.41) is 13.4. The van der Waals surface area contributed by atoms with Gasteiger partial charge in [-0.3, -0.25) is 20.3 Å². The number of benzene rings is 2. The Hall–Kier alpha value is -2.84. The van der Waals surface area contributed by atoms with Crippen molar-refractivity contribution in [2.75, 3.05) is 5.32 Å². The smallest absolute Gasteiger partial charge is 0.307 e. The summed E-state index contributed by atoms with van der Waals surface area (Å²) in [4.78, 5) is 33.6. The zero-order chi connectivity index (χ0) is 17.7. The van der Waals surface area contributed by atoms with E-state index in [-0.39, 0.29) is 16.3 Å². The molecule has 0 atom stereocenters. The van der Waals surface area contributed by atoms with Gasteiger partial charge in [-0.2, -0.15) is 0 Å². The fourth-order valence-electron chi connectivity index (χ4n) is 1.68. The van der Waals surface area contributed by atoms with Gasteiger partial charge in [0.15, 0.2) is 0 Å². The van der Waals surface area contributed by atoms with Crippen LogP contribution in [0.3, 0.4) is 0 Å². The summed E-state index contributed by atoms with van der Waals surface area (Å²) in [5.74, 6) is -0.629. The largest absolute Gasteiger partial charge is 0.337 e. The Bertz CT molecular complexity index is 796.